The second-order valence-corrected chi connectivity index (χ2v) is 7.92. The van der Waals surface area contributed by atoms with Crippen LogP contribution in [0.15, 0.2) is 33.6 Å². The van der Waals surface area contributed by atoms with Crippen LogP contribution in [0.25, 0.3) is 0 Å². The molecule has 0 unspecified atom stereocenters. The molecule has 2 fully saturated rings. The normalized spacial score (nSPS) is 29.9. The zero-order valence-electron chi connectivity index (χ0n) is 11.5. The highest BCUT2D eigenvalue weighted by molar-refractivity contribution is 9.10. The summed E-state index contributed by atoms with van der Waals surface area (Å²) in [6, 6.07) is 6.72. The van der Waals surface area contributed by atoms with Gasteiger partial charge in [-0.05, 0) is 47.3 Å². The van der Waals surface area contributed by atoms with Gasteiger partial charge in [0.15, 0.2) is 0 Å². The molecular weight excluding hydrogens is 358 g/mol. The molecule has 1 aliphatic heterocycles. The minimum Gasteiger partial charge on any atom is -0.373 e. The zero-order valence-corrected chi connectivity index (χ0v) is 13.9. The van der Waals surface area contributed by atoms with Crippen LogP contribution in [-0.4, -0.2) is 39.9 Å². The summed E-state index contributed by atoms with van der Waals surface area (Å²) < 4.78 is 39.6. The standard InChI is InChI=1S/C14H18BrNO4S/c15-11-3-1-2-4-14(11)21(17,18)16-10-5-6-12-13(9-10)20-8-7-19-12/h1-4,10,12-13,16H,5-9H2/t10-,12-,13+/m1/s1. The highest BCUT2D eigenvalue weighted by Gasteiger charge is 2.36. The van der Waals surface area contributed by atoms with E-state index in [4.69, 9.17) is 9.47 Å². The zero-order chi connectivity index (χ0) is 14.9. The van der Waals surface area contributed by atoms with E-state index >= 15 is 0 Å². The van der Waals surface area contributed by atoms with Crippen molar-refractivity contribution in [1.29, 1.82) is 0 Å². The molecule has 5 nitrogen and oxygen atoms in total. The van der Waals surface area contributed by atoms with Gasteiger partial charge in [-0.1, -0.05) is 12.1 Å². The van der Waals surface area contributed by atoms with Gasteiger partial charge < -0.3 is 9.47 Å². The Balaban J connectivity index is 1.70. The van der Waals surface area contributed by atoms with Crippen molar-refractivity contribution in [2.75, 3.05) is 13.2 Å². The van der Waals surface area contributed by atoms with Gasteiger partial charge in [0.05, 0.1) is 30.3 Å². The maximum absolute atomic E-state index is 12.5. The second-order valence-electron chi connectivity index (χ2n) is 5.38. The molecule has 0 amide bonds. The SMILES string of the molecule is O=S(=O)(N[C@@H]1CC[C@H]2OCCO[C@H]2C1)c1ccccc1Br. The molecule has 3 rings (SSSR count). The van der Waals surface area contributed by atoms with E-state index in [1.807, 2.05) is 0 Å². The third-order valence-electron chi connectivity index (χ3n) is 3.93. The van der Waals surface area contributed by atoms with Crippen LogP contribution in [0.1, 0.15) is 19.3 Å². The molecule has 3 atom stereocenters. The number of hydrogen-bond acceptors (Lipinski definition) is 4. The monoisotopic (exact) mass is 375 g/mol. The summed E-state index contributed by atoms with van der Waals surface area (Å²) in [5.41, 5.74) is 0. The summed E-state index contributed by atoms with van der Waals surface area (Å²) in [5, 5.41) is 0. The number of ether oxygens (including phenoxy) is 2. The van der Waals surface area contributed by atoms with Crippen LogP contribution >= 0.6 is 15.9 Å². The Morgan fingerprint density at radius 3 is 2.57 bits per heavy atom. The van der Waals surface area contributed by atoms with Crippen LogP contribution in [0, 0.1) is 0 Å². The van der Waals surface area contributed by atoms with Crippen LogP contribution < -0.4 is 4.72 Å². The third kappa shape index (κ3) is 3.48. The van der Waals surface area contributed by atoms with E-state index in [0.717, 1.165) is 12.8 Å². The molecule has 1 aromatic carbocycles. The van der Waals surface area contributed by atoms with E-state index in [1.165, 1.54) is 0 Å². The van der Waals surface area contributed by atoms with Gasteiger partial charge in [0.25, 0.3) is 0 Å². The molecule has 1 saturated heterocycles. The van der Waals surface area contributed by atoms with E-state index in [9.17, 15) is 8.42 Å². The minimum absolute atomic E-state index is 0.000543. The first kappa shape index (κ1) is 15.4. The van der Waals surface area contributed by atoms with Crippen LogP contribution in [0.3, 0.4) is 0 Å². The highest BCUT2D eigenvalue weighted by Crippen LogP contribution is 2.28. The topological polar surface area (TPSA) is 64.6 Å². The predicted molar refractivity (Wildman–Crippen MR) is 81.6 cm³/mol. The molecule has 0 aromatic heterocycles. The van der Waals surface area contributed by atoms with Crippen molar-refractivity contribution in [3.63, 3.8) is 0 Å². The van der Waals surface area contributed by atoms with Crippen molar-refractivity contribution in [3.8, 4) is 0 Å². The molecule has 116 valence electrons. The van der Waals surface area contributed by atoms with Crippen molar-refractivity contribution in [2.45, 2.75) is 42.4 Å². The number of halogens is 1. The molecule has 1 aliphatic carbocycles. The fraction of sp³-hybridized carbons (Fsp3) is 0.571. The van der Waals surface area contributed by atoms with Crippen LogP contribution in [0.2, 0.25) is 0 Å². The van der Waals surface area contributed by atoms with Crippen molar-refractivity contribution in [2.24, 2.45) is 0 Å². The summed E-state index contributed by atoms with van der Waals surface area (Å²) in [6.07, 6.45) is 2.37. The van der Waals surface area contributed by atoms with E-state index in [-0.39, 0.29) is 23.1 Å². The largest absolute Gasteiger partial charge is 0.373 e. The van der Waals surface area contributed by atoms with Crippen molar-refractivity contribution in [3.05, 3.63) is 28.7 Å². The molecule has 1 aromatic rings. The van der Waals surface area contributed by atoms with Crippen molar-refractivity contribution < 1.29 is 17.9 Å². The van der Waals surface area contributed by atoms with Gasteiger partial charge in [-0.15, -0.1) is 0 Å². The molecule has 0 spiro atoms. The van der Waals surface area contributed by atoms with Gasteiger partial charge in [0, 0.05) is 10.5 Å². The first-order chi connectivity index (χ1) is 10.1. The van der Waals surface area contributed by atoms with E-state index in [1.54, 1.807) is 24.3 Å². The Hall–Kier alpha value is -0.470. The van der Waals surface area contributed by atoms with E-state index in [0.29, 0.717) is 24.1 Å². The predicted octanol–water partition coefficient (Wildman–Crippen LogP) is 2.06. The number of sulfonamides is 1. The molecule has 0 bridgehead atoms. The van der Waals surface area contributed by atoms with Crippen LogP contribution in [0.4, 0.5) is 0 Å². The molecule has 1 heterocycles. The highest BCUT2D eigenvalue weighted by atomic mass is 79.9. The number of fused-ring (bicyclic) bond motifs is 1. The number of hydrogen-bond donors (Lipinski definition) is 1. The lowest BCUT2D eigenvalue weighted by Gasteiger charge is -2.38. The van der Waals surface area contributed by atoms with Gasteiger partial charge in [0.1, 0.15) is 0 Å². The van der Waals surface area contributed by atoms with Crippen LogP contribution in [0.5, 0.6) is 0 Å². The minimum atomic E-state index is -3.52. The molecule has 0 radical (unpaired) electrons. The number of rotatable bonds is 3. The Labute approximate surface area is 133 Å². The average molecular weight is 376 g/mol. The Bertz CT molecular complexity index is 607. The fourth-order valence-corrected chi connectivity index (χ4v) is 5.21. The maximum atomic E-state index is 12.5. The van der Waals surface area contributed by atoms with Gasteiger partial charge in [-0.25, -0.2) is 13.1 Å². The Morgan fingerprint density at radius 2 is 1.81 bits per heavy atom. The molecule has 1 saturated carbocycles. The summed E-state index contributed by atoms with van der Waals surface area (Å²) in [6.45, 7) is 1.22. The molecule has 21 heavy (non-hydrogen) atoms. The summed E-state index contributed by atoms with van der Waals surface area (Å²) in [7, 11) is -3.52. The van der Waals surface area contributed by atoms with Gasteiger partial charge >= 0.3 is 0 Å². The third-order valence-corrected chi connectivity index (χ3v) is 6.46. The number of nitrogens with one attached hydrogen (secondary N) is 1. The lowest BCUT2D eigenvalue weighted by molar-refractivity contribution is -0.156. The average Bonchev–Trinajstić information content (AvgIpc) is 2.47. The maximum Gasteiger partial charge on any atom is 0.241 e. The summed E-state index contributed by atoms with van der Waals surface area (Å²) in [5.74, 6) is 0. The van der Waals surface area contributed by atoms with E-state index < -0.39 is 10.0 Å². The van der Waals surface area contributed by atoms with Gasteiger partial charge in [0.2, 0.25) is 10.0 Å². The van der Waals surface area contributed by atoms with Crippen molar-refractivity contribution in [1.82, 2.24) is 4.72 Å². The second kappa shape index (κ2) is 6.34. The quantitative estimate of drug-likeness (QED) is 0.877. The smallest absolute Gasteiger partial charge is 0.241 e. The summed E-state index contributed by atoms with van der Waals surface area (Å²) in [4.78, 5) is 0.271. The van der Waals surface area contributed by atoms with Crippen molar-refractivity contribution >= 4 is 26.0 Å². The molecular formula is C14H18BrNO4S. The Kier molecular flexibility index (Phi) is 4.66. The molecule has 2 aliphatic rings. The fourth-order valence-electron chi connectivity index (χ4n) is 2.92. The van der Waals surface area contributed by atoms with Crippen LogP contribution in [-0.2, 0) is 19.5 Å². The number of benzene rings is 1. The lowest BCUT2D eigenvalue weighted by Crippen LogP contribution is -2.49. The lowest BCUT2D eigenvalue weighted by atomic mass is 9.90. The van der Waals surface area contributed by atoms with Gasteiger partial charge in [-0.3, -0.25) is 0 Å². The summed E-state index contributed by atoms with van der Waals surface area (Å²) >= 11 is 3.29. The first-order valence-corrected chi connectivity index (χ1v) is 9.34. The first-order valence-electron chi connectivity index (χ1n) is 7.06. The Morgan fingerprint density at radius 1 is 1.10 bits per heavy atom. The molecule has 1 N–H and O–H groups in total. The molecule has 7 heteroatoms. The van der Waals surface area contributed by atoms with Gasteiger partial charge in [-0.2, -0.15) is 0 Å². The van der Waals surface area contributed by atoms with E-state index in [2.05, 4.69) is 20.7 Å².